The van der Waals surface area contributed by atoms with E-state index in [4.69, 9.17) is 18.0 Å². The van der Waals surface area contributed by atoms with Gasteiger partial charge in [0.25, 0.3) is 0 Å². The molecule has 1 nitrogen and oxygen atoms in total. The molecular formula is C6H15NS5. The smallest absolute Gasteiger partial charge is 0.141 e. The molecule has 0 aliphatic carbocycles. The second kappa shape index (κ2) is 6.70. The summed E-state index contributed by atoms with van der Waals surface area (Å²) in [6, 6.07) is 0. The van der Waals surface area contributed by atoms with Gasteiger partial charge in [-0.1, -0.05) is 29.9 Å². The Hall–Kier alpha value is 1.29. The Bertz CT molecular complexity index is 143. The van der Waals surface area contributed by atoms with E-state index in [9.17, 15) is 0 Å². The lowest BCUT2D eigenvalue weighted by atomic mass is 10.6. The highest BCUT2D eigenvalue weighted by molar-refractivity contribution is 9.39. The maximum Gasteiger partial charge on any atom is 0.141 e. The van der Waals surface area contributed by atoms with E-state index in [1.165, 1.54) is 12.2 Å². The van der Waals surface area contributed by atoms with E-state index < -0.39 is 8.09 Å². The molecule has 6 heteroatoms. The summed E-state index contributed by atoms with van der Waals surface area (Å²) in [6.07, 6.45) is 5.59. The molecule has 0 heterocycles. The van der Waals surface area contributed by atoms with E-state index in [-0.39, 0.29) is 0 Å². The summed E-state index contributed by atoms with van der Waals surface area (Å²) >= 11 is 4.91. The molecule has 0 aromatic carbocycles. The fraction of sp³-hybridized carbons (Fsp3) is 0.833. The molecule has 0 aliphatic rings. The summed E-state index contributed by atoms with van der Waals surface area (Å²) in [5.74, 6) is 1.22. The highest BCUT2D eigenvalue weighted by Gasteiger charge is 2.19. The van der Waals surface area contributed by atoms with Gasteiger partial charge in [0.05, 0.1) is 0 Å². The number of hydrogen-bond acceptors (Lipinski definition) is 4. The van der Waals surface area contributed by atoms with E-state index in [2.05, 4.69) is 19.4 Å². The third kappa shape index (κ3) is 5.85. The van der Waals surface area contributed by atoms with Crippen LogP contribution in [0.4, 0.5) is 0 Å². The highest BCUT2D eigenvalue weighted by atomic mass is 33.7. The summed E-state index contributed by atoms with van der Waals surface area (Å²) in [7, 11) is 4.71. The second-order valence-corrected chi connectivity index (χ2v) is 14.5. The van der Waals surface area contributed by atoms with Gasteiger partial charge in [0.15, 0.2) is 0 Å². The Labute approximate surface area is 92.9 Å². The zero-order valence-corrected chi connectivity index (χ0v) is 11.6. The molecule has 12 heavy (non-hydrogen) atoms. The molecule has 0 radical (unpaired) electrons. The molecule has 0 aliphatic heterocycles. The molecule has 74 valence electrons. The van der Waals surface area contributed by atoms with Crippen LogP contribution in [-0.4, -0.2) is 22.6 Å². The van der Waals surface area contributed by atoms with Crippen LogP contribution in [0, 0.1) is 0 Å². The quantitative estimate of drug-likeness (QED) is 0.602. The zero-order chi connectivity index (χ0) is 9.61. The van der Waals surface area contributed by atoms with Gasteiger partial charge in [-0.15, -0.1) is 8.09 Å². The largest absolute Gasteiger partial charge is 0.384 e. The molecule has 1 unspecified atom stereocenters. The third-order valence-corrected chi connectivity index (χ3v) is 13.5. The van der Waals surface area contributed by atoms with Gasteiger partial charge in [-0.3, -0.25) is 0 Å². The van der Waals surface area contributed by atoms with Crippen molar-refractivity contribution in [2.24, 2.45) is 5.73 Å². The topological polar surface area (TPSA) is 26.0 Å². The van der Waals surface area contributed by atoms with E-state index in [0.717, 1.165) is 0 Å². The van der Waals surface area contributed by atoms with E-state index in [0.29, 0.717) is 4.32 Å². The molecule has 0 bridgehead atoms. The van der Waals surface area contributed by atoms with Gasteiger partial charge in [-0.2, -0.15) is 0 Å². The highest BCUT2D eigenvalue weighted by Crippen LogP contribution is 2.70. The van der Waals surface area contributed by atoms with Crippen LogP contribution >= 0.6 is 51.7 Å². The maximum atomic E-state index is 5.53. The predicted molar refractivity (Wildman–Crippen MR) is 74.2 cm³/mol. The molecule has 0 aromatic rings. The van der Waals surface area contributed by atoms with Crippen molar-refractivity contribution in [3.63, 3.8) is 0 Å². The molecule has 0 saturated carbocycles. The van der Waals surface area contributed by atoms with Crippen molar-refractivity contribution >= 4 is 56.0 Å². The van der Waals surface area contributed by atoms with Gasteiger partial charge in [0.2, 0.25) is 0 Å². The van der Waals surface area contributed by atoms with E-state index >= 15 is 0 Å². The molecular weight excluding hydrogens is 246 g/mol. The Morgan fingerprint density at radius 3 is 2.50 bits per heavy atom. The lowest BCUT2D eigenvalue weighted by molar-refractivity contribution is 1.11. The molecule has 0 spiro atoms. The van der Waals surface area contributed by atoms with Crippen LogP contribution in [0.2, 0.25) is 0 Å². The Morgan fingerprint density at radius 2 is 2.17 bits per heavy atom. The minimum atomic E-state index is -0.708. The minimum absolute atomic E-state index is 0.586. The van der Waals surface area contributed by atoms with Crippen LogP contribution in [0.3, 0.4) is 0 Å². The minimum Gasteiger partial charge on any atom is -0.384 e. The summed E-state index contributed by atoms with van der Waals surface area (Å²) < 4.78 is 0.586. The van der Waals surface area contributed by atoms with Crippen molar-refractivity contribution < 1.29 is 0 Å². The van der Waals surface area contributed by atoms with Crippen molar-refractivity contribution in [1.82, 2.24) is 0 Å². The van der Waals surface area contributed by atoms with Gasteiger partial charge in [0, 0.05) is 0 Å². The van der Waals surface area contributed by atoms with Crippen LogP contribution < -0.4 is 5.73 Å². The van der Waals surface area contributed by atoms with Crippen LogP contribution in [0.5, 0.6) is 0 Å². The van der Waals surface area contributed by atoms with Crippen molar-refractivity contribution in [2.45, 2.75) is 13.3 Å². The fourth-order valence-electron chi connectivity index (χ4n) is 0.778. The van der Waals surface area contributed by atoms with Crippen LogP contribution in [0.25, 0.3) is 0 Å². The Kier molecular flexibility index (Phi) is 7.42. The lowest BCUT2D eigenvalue weighted by Gasteiger charge is -2.31. The van der Waals surface area contributed by atoms with Crippen LogP contribution in [0.1, 0.15) is 13.3 Å². The SMILES string of the molecule is CCCS(C)(SSC)SC(N)=S. The summed E-state index contributed by atoms with van der Waals surface area (Å²) in [5.41, 5.74) is 5.53. The number of thiocarbonyl (C=S) groups is 1. The average molecular weight is 262 g/mol. The molecule has 2 N–H and O–H groups in total. The molecule has 0 fully saturated rings. The lowest BCUT2D eigenvalue weighted by Crippen LogP contribution is -2.05. The van der Waals surface area contributed by atoms with E-state index in [1.807, 2.05) is 20.6 Å². The van der Waals surface area contributed by atoms with Gasteiger partial charge in [-0.25, -0.2) is 0 Å². The molecule has 1 atom stereocenters. The number of rotatable bonds is 5. The first-order chi connectivity index (χ1) is 5.54. The predicted octanol–water partition coefficient (Wildman–Crippen LogP) is 3.65. The Morgan fingerprint density at radius 1 is 1.58 bits per heavy atom. The van der Waals surface area contributed by atoms with Gasteiger partial charge >= 0.3 is 0 Å². The Balaban J connectivity index is 4.07. The molecule has 0 amide bonds. The number of hydrogen-bond donors (Lipinski definition) is 1. The van der Waals surface area contributed by atoms with E-state index in [1.54, 1.807) is 10.8 Å². The van der Waals surface area contributed by atoms with Gasteiger partial charge in [-0.05, 0) is 45.3 Å². The van der Waals surface area contributed by atoms with Crippen molar-refractivity contribution in [3.05, 3.63) is 0 Å². The average Bonchev–Trinajstić information content (AvgIpc) is 1.85. The first kappa shape index (κ1) is 13.3. The normalized spacial score (nSPS) is 18.2. The zero-order valence-electron chi connectivity index (χ0n) is 7.53. The van der Waals surface area contributed by atoms with Crippen molar-refractivity contribution in [2.75, 3.05) is 18.3 Å². The monoisotopic (exact) mass is 261 g/mol. The first-order valence-corrected chi connectivity index (χ1v) is 10.5. The standard InChI is InChI=1S/C6H15NS5/c1-4-5-12(3,11-9-2)10-6(7)8/h4-5H2,1-3H3,(H2,7,8). The van der Waals surface area contributed by atoms with Crippen molar-refractivity contribution in [1.29, 1.82) is 0 Å². The maximum absolute atomic E-state index is 5.53. The molecule has 0 aromatic heterocycles. The van der Waals surface area contributed by atoms with Crippen molar-refractivity contribution in [3.8, 4) is 0 Å². The fourth-order valence-corrected chi connectivity index (χ4v) is 13.9. The third-order valence-electron chi connectivity index (χ3n) is 1.05. The summed E-state index contributed by atoms with van der Waals surface area (Å²) in [4.78, 5) is 0. The second-order valence-electron chi connectivity index (χ2n) is 2.27. The molecule has 0 saturated heterocycles. The van der Waals surface area contributed by atoms with Crippen LogP contribution in [-0.2, 0) is 0 Å². The summed E-state index contributed by atoms with van der Waals surface area (Å²) in [6.45, 7) is 2.20. The number of nitrogens with two attached hydrogens (primary N) is 1. The van der Waals surface area contributed by atoms with Gasteiger partial charge in [0.1, 0.15) is 4.32 Å². The van der Waals surface area contributed by atoms with Gasteiger partial charge < -0.3 is 5.73 Å². The first-order valence-electron chi connectivity index (χ1n) is 3.51. The summed E-state index contributed by atoms with van der Waals surface area (Å²) in [5, 5.41) is 0. The van der Waals surface area contributed by atoms with Crippen LogP contribution in [0.15, 0.2) is 0 Å². The molecule has 0 rings (SSSR count).